The molecule has 0 heterocycles. The number of phenols is 2. The summed E-state index contributed by atoms with van der Waals surface area (Å²) >= 11 is -2.61. The maximum absolute atomic E-state index is 8.67. The Balaban J connectivity index is -0.000000179. The first-order valence-corrected chi connectivity index (χ1v) is 4.15. The summed E-state index contributed by atoms with van der Waals surface area (Å²) in [5.74, 6) is 0.339. The molecule has 0 fully saturated rings. The van der Waals surface area contributed by atoms with Crippen LogP contribution < -0.4 is 0 Å². The molecule has 0 saturated carbocycles. The van der Waals surface area contributed by atoms with Crippen molar-refractivity contribution in [1.82, 2.24) is 0 Å². The molecule has 82 valence electrons. The maximum atomic E-state index is 8.67. The Kier molecular flexibility index (Phi) is 18.1. The van der Waals surface area contributed by atoms with Gasteiger partial charge in [0.15, 0.2) is 0 Å². The van der Waals surface area contributed by atoms with Gasteiger partial charge in [-0.15, -0.1) is 0 Å². The van der Waals surface area contributed by atoms with Gasteiger partial charge in [0.1, 0.15) is 18.3 Å². The summed E-state index contributed by atoms with van der Waals surface area (Å²) < 4.78 is 22.8. The van der Waals surface area contributed by atoms with E-state index in [-0.39, 0.29) is 41.1 Å². The summed E-state index contributed by atoms with van der Waals surface area (Å²) in [6, 6.07) is 5.70. The molecule has 0 radical (unpaired) electrons. The predicted molar refractivity (Wildman–Crippen MR) is 57.4 cm³/mol. The number of aromatic hydroxyl groups is 2. The van der Waals surface area contributed by atoms with Crippen LogP contribution >= 0.6 is 0 Å². The number of carbonyl (C=O) groups is 1. The summed E-state index contributed by atoms with van der Waals surface area (Å²) in [6.07, 6.45) is 0. The molecule has 15 heavy (non-hydrogen) atoms. The Bertz CT molecular complexity index is 240. The summed E-state index contributed by atoms with van der Waals surface area (Å²) in [4.78, 5) is 8.00. The number of hydrogen-bond acceptors (Lipinski definition) is 4. The van der Waals surface area contributed by atoms with Crippen LogP contribution in [0.2, 0.25) is 0 Å². The monoisotopic (exact) mass is 246 g/mol. The van der Waals surface area contributed by atoms with E-state index in [1.165, 1.54) is 24.3 Å². The van der Waals surface area contributed by atoms with Gasteiger partial charge in [-0.25, -0.2) is 0 Å². The zero-order chi connectivity index (χ0) is 11.6. The van der Waals surface area contributed by atoms with E-state index in [2.05, 4.69) is 0 Å². The van der Waals surface area contributed by atoms with E-state index < -0.39 is 11.4 Å². The molecule has 0 unspecified atom stereocenters. The first kappa shape index (κ1) is 20.0. The van der Waals surface area contributed by atoms with E-state index >= 15 is 0 Å². The van der Waals surface area contributed by atoms with Crippen LogP contribution in [-0.4, -0.2) is 59.9 Å². The fourth-order valence-electron chi connectivity index (χ4n) is 0.453. The van der Waals surface area contributed by atoms with Gasteiger partial charge in [0.05, 0.1) is 0 Å². The van der Waals surface area contributed by atoms with Crippen molar-refractivity contribution in [3.63, 3.8) is 0 Å². The van der Waals surface area contributed by atoms with Crippen LogP contribution in [-0.2, 0) is 16.2 Å². The normalized spacial score (nSPS) is 7.40. The molecule has 0 bridgehead atoms. The number of rotatable bonds is 0. The second-order valence-corrected chi connectivity index (χ2v) is 2.21. The van der Waals surface area contributed by atoms with Crippen molar-refractivity contribution in [1.29, 1.82) is 0 Å². The molecule has 1 aromatic rings. The van der Waals surface area contributed by atoms with E-state index in [4.69, 9.17) is 28.3 Å². The molecule has 8 heteroatoms. The Morgan fingerprint density at radius 2 is 1.07 bits per heavy atom. The summed E-state index contributed by atoms with van der Waals surface area (Å²) in [5.41, 5.74) is 0. The van der Waals surface area contributed by atoms with E-state index in [0.29, 0.717) is 0 Å². The second-order valence-electron chi connectivity index (χ2n) is 1.75. The van der Waals surface area contributed by atoms with Gasteiger partial charge in [-0.3, -0.25) is 9.11 Å². The molecular weight excluding hydrogens is 235 g/mol. The Morgan fingerprint density at radius 1 is 0.933 bits per heavy atom. The summed E-state index contributed by atoms with van der Waals surface area (Å²) in [6.45, 7) is 2.00. The van der Waals surface area contributed by atoms with E-state index in [0.717, 1.165) is 0 Å². The van der Waals surface area contributed by atoms with Crippen LogP contribution in [0.3, 0.4) is 0 Å². The van der Waals surface area contributed by atoms with Gasteiger partial charge >= 0.3 is 29.6 Å². The Morgan fingerprint density at radius 3 is 1.20 bits per heavy atom. The minimum absolute atomic E-state index is 0. The molecule has 1 rings (SSSR count). The van der Waals surface area contributed by atoms with Crippen molar-refractivity contribution >= 4 is 47.7 Å². The van der Waals surface area contributed by atoms with Crippen molar-refractivity contribution in [2.75, 3.05) is 0 Å². The van der Waals surface area contributed by atoms with Gasteiger partial charge in [-0.2, -0.15) is 4.21 Å². The minimum atomic E-state index is -2.61. The number of carbonyl (C=O) groups excluding carboxylic acids is 1. The molecule has 0 spiro atoms. The molecule has 0 amide bonds. The topological polar surface area (TPSA) is 115 Å². The average molecular weight is 246 g/mol. The van der Waals surface area contributed by atoms with Crippen LogP contribution in [0.1, 0.15) is 0 Å². The quantitative estimate of drug-likeness (QED) is 0.290. The van der Waals surface area contributed by atoms with Crippen molar-refractivity contribution in [2.24, 2.45) is 0 Å². The molecule has 0 atom stereocenters. The standard InChI is InChI=1S/C6H6O2.CH2O.Na.H2O3S.H/c7-5-1-2-6(8)4-3-5;1-2;;1-4(2)3;/h1-4,7-8H;1H2;;(H2,1,2,3);. The van der Waals surface area contributed by atoms with E-state index in [1.807, 2.05) is 6.79 Å². The van der Waals surface area contributed by atoms with Crippen molar-refractivity contribution < 1.29 is 28.3 Å². The van der Waals surface area contributed by atoms with Gasteiger partial charge in [0.2, 0.25) is 0 Å². The molecule has 0 aliphatic carbocycles. The fraction of sp³-hybridized carbons (Fsp3) is 0. The summed E-state index contributed by atoms with van der Waals surface area (Å²) in [7, 11) is 0. The number of hydrogen-bond donors (Lipinski definition) is 4. The SMILES string of the molecule is C=O.O=S(O)O.Oc1ccc(O)cc1.[NaH]. The van der Waals surface area contributed by atoms with E-state index in [9.17, 15) is 0 Å². The van der Waals surface area contributed by atoms with Gasteiger partial charge in [0.25, 0.3) is 11.4 Å². The zero-order valence-corrected chi connectivity index (χ0v) is 7.85. The van der Waals surface area contributed by atoms with Crippen LogP contribution in [0.25, 0.3) is 0 Å². The predicted octanol–water partition coefficient (Wildman–Crippen LogP) is -0.0545. The average Bonchev–Trinajstić information content (AvgIpc) is 2.13. The van der Waals surface area contributed by atoms with Crippen molar-refractivity contribution in [2.45, 2.75) is 0 Å². The molecule has 0 aliphatic heterocycles. The third-order valence-electron chi connectivity index (χ3n) is 0.850. The fourth-order valence-corrected chi connectivity index (χ4v) is 0.453. The Hall–Kier alpha value is -0.440. The van der Waals surface area contributed by atoms with E-state index in [1.54, 1.807) is 0 Å². The molecule has 4 N–H and O–H groups in total. The van der Waals surface area contributed by atoms with Gasteiger partial charge in [-0.1, -0.05) is 0 Å². The van der Waals surface area contributed by atoms with Gasteiger partial charge in [0, 0.05) is 0 Å². The van der Waals surface area contributed by atoms with Crippen molar-refractivity contribution in [3.8, 4) is 11.5 Å². The number of phenolic OH excluding ortho intramolecular Hbond substituents is 2. The third-order valence-corrected chi connectivity index (χ3v) is 0.850. The molecular formula is C7H11NaO6S. The molecule has 0 aromatic heterocycles. The Labute approximate surface area is 111 Å². The molecule has 0 saturated heterocycles. The van der Waals surface area contributed by atoms with Crippen LogP contribution in [0.5, 0.6) is 11.5 Å². The summed E-state index contributed by atoms with van der Waals surface area (Å²) in [5, 5.41) is 17.3. The number of benzene rings is 1. The molecule has 6 nitrogen and oxygen atoms in total. The van der Waals surface area contributed by atoms with Crippen LogP contribution in [0.15, 0.2) is 24.3 Å². The van der Waals surface area contributed by atoms with Crippen LogP contribution in [0.4, 0.5) is 0 Å². The first-order valence-electron chi connectivity index (χ1n) is 3.09. The molecule has 0 aliphatic rings. The molecule has 1 aromatic carbocycles. The van der Waals surface area contributed by atoms with Gasteiger partial charge in [-0.05, 0) is 24.3 Å². The first-order chi connectivity index (χ1) is 6.52. The second kappa shape index (κ2) is 13.6. The van der Waals surface area contributed by atoms with Crippen molar-refractivity contribution in [3.05, 3.63) is 24.3 Å². The third kappa shape index (κ3) is 19.8. The zero-order valence-electron chi connectivity index (χ0n) is 7.03. The van der Waals surface area contributed by atoms with Crippen LogP contribution in [0, 0.1) is 0 Å². The van der Waals surface area contributed by atoms with Gasteiger partial charge < -0.3 is 15.0 Å².